The molecule has 22 nitrogen and oxygen atoms in total. The van der Waals surface area contributed by atoms with Crippen LogP contribution in [0, 0.1) is 69.0 Å². The van der Waals surface area contributed by atoms with Crippen molar-refractivity contribution in [1.82, 2.24) is 29.2 Å². The Labute approximate surface area is 638 Å². The van der Waals surface area contributed by atoms with E-state index in [0.29, 0.717) is 74.6 Å². The molecule has 2 N–H and O–H groups in total. The molecule has 2 saturated heterocycles. The van der Waals surface area contributed by atoms with E-state index in [4.69, 9.17) is 18.9 Å². The summed E-state index contributed by atoms with van der Waals surface area (Å²) in [5.41, 5.74) is -2.97. The highest BCUT2D eigenvalue weighted by atomic mass is 32.2. The van der Waals surface area contributed by atoms with E-state index in [1.807, 2.05) is 128 Å². The first-order valence-corrected chi connectivity index (χ1v) is 42.0. The molecule has 24 heteroatoms. The highest BCUT2D eigenvalue weighted by Crippen LogP contribution is 2.59. The Hall–Kier alpha value is -7.60. The van der Waals surface area contributed by atoms with Crippen molar-refractivity contribution in [3.05, 3.63) is 85.2 Å². The van der Waals surface area contributed by atoms with Crippen LogP contribution in [0.3, 0.4) is 0 Å². The van der Waals surface area contributed by atoms with Crippen LogP contribution >= 0.6 is 0 Å². The van der Waals surface area contributed by atoms with Crippen molar-refractivity contribution in [2.45, 2.75) is 245 Å². The maximum absolute atomic E-state index is 14.9. The SMILES string of the molecule is COc1ccc2c(O[C@@H]3C[C@H]4C(=O)C[C@]5(C(=O)NS(=O)(=O)C6(C)CC6)C[C@H]5/C=C\CC[C@@H](C)C[C@@H](C)[C@H](CC(=O)CC(C)(C)C)C(=O)N4C3)nccc2c1.COc1ccc2c(O[C@@H]3C[C@H]4C(=O)C[C@]5(C(=O)NS(=O)(=O)C6(C)CC6)C[C@H]5/C=C\CC[C@H](C)C[C@@H](C)[C@H](CC(=O)CC(C)(C)C)C(=O)N4C3)nccc2c1. The molecule has 4 aliphatic heterocycles. The number of rotatable bonds is 18. The van der Waals surface area contributed by atoms with E-state index in [9.17, 15) is 55.2 Å². The Bertz CT molecular complexity index is 4140. The van der Waals surface area contributed by atoms with Gasteiger partial charge in [-0.3, -0.25) is 47.8 Å². The predicted octanol–water partition coefficient (Wildman–Crippen LogP) is 13.2. The van der Waals surface area contributed by atoms with E-state index < -0.39 is 88.3 Å². The number of carbonyl (C=O) groups is 8. The van der Waals surface area contributed by atoms with E-state index in [-0.39, 0.29) is 133 Å². The highest BCUT2D eigenvalue weighted by molar-refractivity contribution is 7.92. The molecule has 2 aromatic heterocycles. The van der Waals surface area contributed by atoms with Gasteiger partial charge in [0.25, 0.3) is 0 Å². The summed E-state index contributed by atoms with van der Waals surface area (Å²) in [5.74, 6) is -2.02. The minimum absolute atomic E-state index is 0.00785. The third-order valence-electron chi connectivity index (χ3n) is 24.4. The van der Waals surface area contributed by atoms with Gasteiger partial charge in [-0.05, 0) is 197 Å². The molecule has 4 amide bonds. The number of carbonyl (C=O) groups excluding carboxylic acids is 8. The van der Waals surface area contributed by atoms with Gasteiger partial charge in [0, 0.05) is 86.4 Å². The van der Waals surface area contributed by atoms with Gasteiger partial charge in [0.1, 0.15) is 35.3 Å². The molecule has 6 heterocycles. The lowest BCUT2D eigenvalue weighted by Crippen LogP contribution is -2.48. The van der Waals surface area contributed by atoms with Crippen LogP contribution in [-0.2, 0) is 58.4 Å². The normalized spacial score (nSPS) is 30.7. The van der Waals surface area contributed by atoms with Crippen LogP contribution < -0.4 is 28.4 Å². The van der Waals surface area contributed by atoms with Crippen molar-refractivity contribution < 1.29 is 74.1 Å². The lowest BCUT2D eigenvalue weighted by atomic mass is 9.79. The van der Waals surface area contributed by atoms with Crippen molar-refractivity contribution in [1.29, 1.82) is 0 Å². The van der Waals surface area contributed by atoms with Gasteiger partial charge >= 0.3 is 0 Å². The molecule has 2 aromatic carbocycles. The van der Waals surface area contributed by atoms with Crippen LogP contribution in [-0.4, -0.2) is 144 Å². The molecule has 0 bridgehead atoms. The van der Waals surface area contributed by atoms with Gasteiger partial charge in [-0.2, -0.15) is 0 Å². The average molecular weight is 1530 g/mol. The number of allylic oxidation sites excluding steroid dienone is 4. The smallest absolute Gasteiger partial charge is 0.240 e. The zero-order valence-electron chi connectivity index (χ0n) is 65.7. The fraction of sp³-hybridized carbons (Fsp3) is 0.643. The summed E-state index contributed by atoms with van der Waals surface area (Å²) in [6, 6.07) is 13.0. The summed E-state index contributed by atoms with van der Waals surface area (Å²) in [4.78, 5) is 126. The van der Waals surface area contributed by atoms with Crippen LogP contribution in [0.2, 0.25) is 0 Å². The molecule has 0 unspecified atom stereocenters. The van der Waals surface area contributed by atoms with Crippen LogP contribution in [0.25, 0.3) is 21.5 Å². The van der Waals surface area contributed by atoms with Crippen molar-refractivity contribution in [2.75, 3.05) is 27.3 Å². The summed E-state index contributed by atoms with van der Waals surface area (Å²) < 4.78 is 79.4. The number of fused-ring (bicyclic) bond motifs is 6. The van der Waals surface area contributed by atoms with Gasteiger partial charge in [-0.1, -0.05) is 93.5 Å². The second-order valence-electron chi connectivity index (χ2n) is 36.2. The zero-order chi connectivity index (χ0) is 78.4. The summed E-state index contributed by atoms with van der Waals surface area (Å²) in [6.07, 6.45) is 18.0. The maximum Gasteiger partial charge on any atom is 0.240 e. The third kappa shape index (κ3) is 18.5. The average Bonchev–Trinajstić information content (AvgIpc) is 1.57. The second kappa shape index (κ2) is 31.6. The predicted molar refractivity (Wildman–Crippen MR) is 412 cm³/mol. The Morgan fingerprint density at radius 2 is 0.917 bits per heavy atom. The standard InChI is InChI=1S/2C42H57N3O8S/c2*1-26-10-8-9-11-29-22-42(29,39(49)44-54(50,51)41(6)15-16-41)24-36(47)35-21-32(53-37-33-13-12-31(52-7)19-28(33)14-17-43-37)25-45(35)38(48)34(27(2)18-26)20-30(46)23-40(3,4)5/h2*9,11-14,17,19,26-27,29,32,34-35H,8,10,15-16,18,20-25H2,1-7H3,(H,44,49)/b2*11-9-/t26-,27+,29+,32+,34-,35-,42+;26-,27-,29-,32-,34+,35+,42-/m01/s1. The van der Waals surface area contributed by atoms with Gasteiger partial charge in [-0.15, -0.1) is 0 Å². The summed E-state index contributed by atoms with van der Waals surface area (Å²) >= 11 is 0. The first-order chi connectivity index (χ1) is 50.7. The van der Waals surface area contributed by atoms with Crippen molar-refractivity contribution in [3.8, 4) is 23.3 Å². The summed E-state index contributed by atoms with van der Waals surface area (Å²) in [7, 11) is -4.68. The Balaban J connectivity index is 0.000000215. The number of pyridine rings is 2. The van der Waals surface area contributed by atoms with E-state index in [1.54, 1.807) is 50.3 Å². The molecule has 0 spiro atoms. The van der Waals surface area contributed by atoms with E-state index >= 15 is 0 Å². The number of Topliss-reactive ketones (excluding diaryl/α,β-unsaturated/α-hetero) is 4. The van der Waals surface area contributed by atoms with Gasteiger partial charge in [-0.25, -0.2) is 26.8 Å². The molecule has 6 fully saturated rings. The number of ketones is 4. The molecule has 108 heavy (non-hydrogen) atoms. The monoisotopic (exact) mass is 1530 g/mol. The van der Waals surface area contributed by atoms with E-state index in [2.05, 4.69) is 33.3 Å². The molecule has 4 saturated carbocycles. The molecule has 14 atom stereocenters. The Kier molecular flexibility index (Phi) is 23.8. The molecule has 8 aliphatic rings. The number of aromatic nitrogens is 2. The molecular formula is C84H114N6O16S2. The van der Waals surface area contributed by atoms with Crippen LogP contribution in [0.4, 0.5) is 0 Å². The first kappa shape index (κ1) is 81.4. The number of nitrogens with one attached hydrogen (secondary N) is 2. The van der Waals surface area contributed by atoms with Gasteiger partial charge in [0.05, 0.1) is 59.7 Å². The molecule has 4 aliphatic carbocycles. The van der Waals surface area contributed by atoms with Gasteiger partial charge < -0.3 is 28.7 Å². The van der Waals surface area contributed by atoms with Crippen LogP contribution in [0.5, 0.6) is 23.3 Å². The topological polar surface area (TPSA) is 298 Å². The number of ether oxygens (including phenoxy) is 4. The minimum atomic E-state index is -3.93. The number of amides is 4. The third-order valence-corrected chi connectivity index (χ3v) is 28.7. The largest absolute Gasteiger partial charge is 0.497 e. The second-order valence-corrected chi connectivity index (χ2v) is 40.6. The number of hydrogen-bond acceptors (Lipinski definition) is 18. The van der Waals surface area contributed by atoms with E-state index in [0.717, 1.165) is 60.1 Å². The number of sulfonamides is 2. The molecular weight excluding hydrogens is 1410 g/mol. The van der Waals surface area contributed by atoms with E-state index in [1.165, 1.54) is 0 Å². The van der Waals surface area contributed by atoms with Crippen LogP contribution in [0.15, 0.2) is 85.2 Å². The van der Waals surface area contributed by atoms with Crippen molar-refractivity contribution >= 4 is 88.4 Å². The molecule has 588 valence electrons. The lowest BCUT2D eigenvalue weighted by molar-refractivity contribution is -0.145. The number of hydrogen-bond donors (Lipinski definition) is 2. The van der Waals surface area contributed by atoms with Crippen LogP contribution in [0.1, 0.15) is 212 Å². The summed E-state index contributed by atoms with van der Waals surface area (Å²) in [6.45, 7) is 23.8. The van der Waals surface area contributed by atoms with Gasteiger partial charge in [0.15, 0.2) is 11.6 Å². The first-order valence-electron chi connectivity index (χ1n) is 39.0. The lowest BCUT2D eigenvalue weighted by Gasteiger charge is -2.32. The fourth-order valence-corrected chi connectivity index (χ4v) is 19.7. The quantitative estimate of drug-likeness (QED) is 0.0875. The zero-order valence-corrected chi connectivity index (χ0v) is 67.3. The minimum Gasteiger partial charge on any atom is -0.497 e. The number of nitrogens with zero attached hydrogens (tertiary/aromatic N) is 4. The van der Waals surface area contributed by atoms with Crippen molar-refractivity contribution in [3.63, 3.8) is 0 Å². The Morgan fingerprint density at radius 3 is 1.26 bits per heavy atom. The van der Waals surface area contributed by atoms with Crippen molar-refractivity contribution in [2.24, 2.45) is 69.0 Å². The maximum atomic E-state index is 14.9. The van der Waals surface area contributed by atoms with Gasteiger partial charge in [0.2, 0.25) is 55.4 Å². The molecule has 12 rings (SSSR count). The number of methoxy groups -OCH3 is 2. The molecule has 0 radical (unpaired) electrons. The Morgan fingerprint density at radius 1 is 0.546 bits per heavy atom. The number of benzene rings is 2. The molecule has 4 aromatic rings. The summed E-state index contributed by atoms with van der Waals surface area (Å²) in [5, 5.41) is 3.22. The highest BCUT2D eigenvalue weighted by Gasteiger charge is 2.65. The fourth-order valence-electron chi connectivity index (χ4n) is 17.0.